The molecule has 19 heteroatoms. The van der Waals surface area contributed by atoms with Gasteiger partial charge in [0.25, 0.3) is 0 Å². The summed E-state index contributed by atoms with van der Waals surface area (Å²) in [4.78, 5) is 52.2. The Balaban J connectivity index is 0.000000236. The van der Waals surface area contributed by atoms with Gasteiger partial charge < -0.3 is 59.3 Å². The van der Waals surface area contributed by atoms with Gasteiger partial charge >= 0.3 is 33.5 Å². The molecule has 8 atom stereocenters. The van der Waals surface area contributed by atoms with Gasteiger partial charge in [-0.05, 0) is 125 Å². The van der Waals surface area contributed by atoms with Crippen LogP contribution in [0.5, 0.6) is 0 Å². The second kappa shape index (κ2) is 25.0. The van der Waals surface area contributed by atoms with Crippen molar-refractivity contribution < 1.29 is 58.1 Å². The molecule has 3 heterocycles. The molecule has 6 fully saturated rings. The second-order valence-corrected chi connectivity index (χ2v) is 20.5. The molecule has 8 rings (SSSR count). The number of aryl methyl sites for hydroxylation is 2. The summed E-state index contributed by atoms with van der Waals surface area (Å²) in [6.07, 6.45) is 8.13. The zero-order valence-corrected chi connectivity index (χ0v) is 41.7. The van der Waals surface area contributed by atoms with Crippen LogP contribution in [0.2, 0.25) is 6.32 Å². The molecule has 69 heavy (non-hydrogen) atoms. The monoisotopic (exact) mass is 957 g/mol. The third-order valence-electron chi connectivity index (χ3n) is 14.6. The first-order chi connectivity index (χ1) is 32.6. The van der Waals surface area contributed by atoms with E-state index in [2.05, 4.69) is 75.8 Å². The number of nitrogens with zero attached hydrogens (tertiary/aromatic N) is 2. The zero-order valence-electron chi connectivity index (χ0n) is 41.7. The van der Waals surface area contributed by atoms with Crippen molar-refractivity contribution in [3.8, 4) is 0 Å². The lowest BCUT2D eigenvalue weighted by atomic mass is 9.43. The van der Waals surface area contributed by atoms with Crippen LogP contribution in [0.1, 0.15) is 95.4 Å². The van der Waals surface area contributed by atoms with Crippen LogP contribution in [0.3, 0.4) is 0 Å². The summed E-state index contributed by atoms with van der Waals surface area (Å²) in [6, 6.07) is 15.6. The summed E-state index contributed by atoms with van der Waals surface area (Å²) in [5, 5.41) is 41.1. The highest BCUT2D eigenvalue weighted by atomic mass is 16.7. The van der Waals surface area contributed by atoms with E-state index in [1.165, 1.54) is 24.1 Å². The molecule has 2 aromatic rings. The van der Waals surface area contributed by atoms with Crippen LogP contribution in [0.4, 0.5) is 9.59 Å². The minimum absolute atomic E-state index is 0.0366. The van der Waals surface area contributed by atoms with Gasteiger partial charge in [-0.25, -0.2) is 9.59 Å². The van der Waals surface area contributed by atoms with Crippen LogP contribution in [0, 0.1) is 37.0 Å². The van der Waals surface area contributed by atoms with Crippen molar-refractivity contribution in [2.75, 3.05) is 26.3 Å². The molecule has 3 saturated carbocycles. The fraction of sp³-hybridized carbons (Fsp3) is 0.600. The molecule has 376 valence electrons. The summed E-state index contributed by atoms with van der Waals surface area (Å²) >= 11 is 0. The Kier molecular flexibility index (Phi) is 20.0. The zero-order chi connectivity index (χ0) is 50.6. The maximum Gasteiger partial charge on any atom is 0.482 e. The largest absolute Gasteiger partial charge is 0.482 e. The minimum Gasteiger partial charge on any atom is -0.447 e. The molecule has 2 bridgehead atoms. The van der Waals surface area contributed by atoms with Crippen molar-refractivity contribution in [3.05, 3.63) is 96.1 Å². The van der Waals surface area contributed by atoms with Crippen molar-refractivity contribution in [2.45, 2.75) is 142 Å². The number of rotatable bonds is 16. The molecule has 16 nitrogen and oxygen atoms in total. The van der Waals surface area contributed by atoms with E-state index in [4.69, 9.17) is 28.8 Å². The Labute approximate surface area is 410 Å². The van der Waals surface area contributed by atoms with Crippen molar-refractivity contribution in [3.63, 3.8) is 0 Å². The van der Waals surface area contributed by atoms with Crippen LogP contribution in [0.15, 0.2) is 73.8 Å². The highest BCUT2D eigenvalue weighted by molar-refractivity contribution is 6.48. The van der Waals surface area contributed by atoms with E-state index in [0.29, 0.717) is 43.6 Å². The number of hydrogen-bond donors (Lipinski definition) is 6. The number of benzene rings is 2. The molecule has 2 aromatic carbocycles. The average molecular weight is 957 g/mol. The summed E-state index contributed by atoms with van der Waals surface area (Å²) in [5.41, 5.74) is 4.14. The fourth-order valence-corrected chi connectivity index (χ4v) is 10.5. The van der Waals surface area contributed by atoms with Gasteiger partial charge in [0.15, 0.2) is 0 Å². The topological polar surface area (TPSA) is 217 Å². The van der Waals surface area contributed by atoms with Crippen LogP contribution in [0.25, 0.3) is 0 Å². The molecule has 0 aromatic heterocycles. The van der Waals surface area contributed by atoms with Gasteiger partial charge in [0, 0.05) is 13.1 Å². The highest BCUT2D eigenvalue weighted by Crippen LogP contribution is 2.65. The SMILES string of the molecule is C=CC(=O)N1CCC[C@@H]1COC(=O)N[C@@H](Cc1ccc(C)cc1)B(O)O.C=CC(=O)N1CCC[C@@H]1COC(=O)N[C@@H](Cc1ccc(C)cc1)B1O[C@@H]2C[C@@H]3C[C@@H](C3(C)C)[C@]2(C)O1.CC(C)CB(O)O. The van der Waals surface area contributed by atoms with Gasteiger partial charge in [-0.2, -0.15) is 0 Å². The van der Waals surface area contributed by atoms with Crippen molar-refractivity contribution in [1.82, 2.24) is 20.4 Å². The van der Waals surface area contributed by atoms with Gasteiger partial charge in [-0.15, -0.1) is 0 Å². The first-order valence-electron chi connectivity index (χ1n) is 24.5. The minimum atomic E-state index is -1.71. The van der Waals surface area contributed by atoms with E-state index in [9.17, 15) is 29.2 Å². The smallest absolute Gasteiger partial charge is 0.447 e. The second-order valence-electron chi connectivity index (χ2n) is 20.5. The van der Waals surface area contributed by atoms with Crippen molar-refractivity contribution in [1.29, 1.82) is 0 Å². The Hall–Kier alpha value is -4.65. The van der Waals surface area contributed by atoms with Crippen LogP contribution in [-0.4, -0.2) is 137 Å². The van der Waals surface area contributed by atoms with Gasteiger partial charge in [0.1, 0.15) is 13.2 Å². The first-order valence-corrected chi connectivity index (χ1v) is 24.5. The van der Waals surface area contributed by atoms with Crippen molar-refractivity contribution in [2.24, 2.45) is 23.2 Å². The van der Waals surface area contributed by atoms with Gasteiger partial charge in [-0.1, -0.05) is 101 Å². The summed E-state index contributed by atoms with van der Waals surface area (Å²) in [7, 11) is -3.39. The number of carbonyl (C=O) groups is 4. The van der Waals surface area contributed by atoms with Crippen molar-refractivity contribution >= 4 is 45.4 Å². The standard InChI is InChI=1S/C28H39BN2O5.C18H25BN2O5.C4H11BO2/c1-6-25(32)31-13-7-8-21(31)17-34-26(33)30-24(14-19-11-9-18(2)10-12-19)29-35-23-16-20-15-22(27(20,3)4)28(23,5)36-29;1-3-17(22)21-10-4-5-15(21)12-26-18(23)20-16(19(24)25)11-14-8-6-13(2)7-9-14;1-4(2)3-5(6)7/h6,9-12,20-24H,1,7-8,13-17H2,2-5H3,(H,30,33);3,6-9,15-16,24-25H,1,4-5,10-12H2,2H3,(H,20,23);4,6-7H,3H2,1-2H3/t20-,21+,22-,23+,24-,28-;15-,16+;/m01./s1. The average Bonchev–Trinajstić information content (AvgIpc) is 4.06. The quantitative estimate of drug-likeness (QED) is 0.0968. The Morgan fingerprint density at radius 1 is 0.797 bits per heavy atom. The van der Waals surface area contributed by atoms with Gasteiger partial charge in [0.2, 0.25) is 11.8 Å². The van der Waals surface area contributed by atoms with Gasteiger partial charge in [0.05, 0.1) is 35.7 Å². The summed E-state index contributed by atoms with van der Waals surface area (Å²) < 4.78 is 24.0. The predicted molar refractivity (Wildman–Crippen MR) is 266 cm³/mol. The Morgan fingerprint density at radius 2 is 1.29 bits per heavy atom. The lowest BCUT2D eigenvalue weighted by Crippen LogP contribution is -2.65. The molecule has 6 N–H and O–H groups in total. The normalized spacial score (nSPS) is 24.8. The fourth-order valence-electron chi connectivity index (χ4n) is 10.5. The van der Waals surface area contributed by atoms with E-state index >= 15 is 0 Å². The first kappa shape index (κ1) is 55.3. The maximum absolute atomic E-state index is 13.0. The molecule has 3 aliphatic heterocycles. The third kappa shape index (κ3) is 14.9. The van der Waals surface area contributed by atoms with E-state index in [1.54, 1.807) is 9.80 Å². The molecule has 4 amide bonds. The molecule has 0 unspecified atom stereocenters. The van der Waals surface area contributed by atoms with E-state index in [1.807, 2.05) is 45.0 Å². The molecular formula is C50H75B3N4O12. The Bertz CT molecular complexity index is 2040. The lowest BCUT2D eigenvalue weighted by Gasteiger charge is -2.64. The van der Waals surface area contributed by atoms with E-state index in [-0.39, 0.29) is 60.7 Å². The molecule has 3 saturated heterocycles. The highest BCUT2D eigenvalue weighted by Gasteiger charge is 2.68. The van der Waals surface area contributed by atoms with Crippen LogP contribution < -0.4 is 10.6 Å². The van der Waals surface area contributed by atoms with E-state index < -0.39 is 45.4 Å². The van der Waals surface area contributed by atoms with Gasteiger partial charge in [-0.3, -0.25) is 9.59 Å². The number of likely N-dealkylation sites (tertiary alicyclic amines) is 2. The molecule has 6 aliphatic rings. The van der Waals surface area contributed by atoms with E-state index in [0.717, 1.165) is 48.8 Å². The number of carbonyl (C=O) groups excluding carboxylic acids is 4. The molecule has 0 spiro atoms. The lowest BCUT2D eigenvalue weighted by molar-refractivity contribution is -0.199. The third-order valence-corrected chi connectivity index (χ3v) is 14.6. The number of nitrogens with one attached hydrogen (secondary N) is 2. The predicted octanol–water partition coefficient (Wildman–Crippen LogP) is 5.01. The van der Waals surface area contributed by atoms with Crippen LogP contribution >= 0.6 is 0 Å². The number of hydrogen-bond acceptors (Lipinski definition) is 12. The molecule has 0 radical (unpaired) electrons. The number of ether oxygens (including phenoxy) is 2. The molecular weight excluding hydrogens is 881 g/mol. The van der Waals surface area contributed by atoms with Crippen LogP contribution in [-0.2, 0) is 41.2 Å². The molecule has 3 aliphatic carbocycles. The maximum atomic E-state index is 13.0. The number of alkyl carbamates (subject to hydrolysis) is 2. The summed E-state index contributed by atoms with van der Waals surface area (Å²) in [5.74, 6) is -0.106. The number of amides is 4. The summed E-state index contributed by atoms with van der Waals surface area (Å²) in [6.45, 7) is 23.3. The Morgan fingerprint density at radius 3 is 1.72 bits per heavy atom.